The Morgan fingerprint density at radius 1 is 1.02 bits per heavy atom. The molecule has 2 aromatic rings. The first-order chi connectivity index (χ1) is 20.5. The number of rotatable bonds is 6. The van der Waals surface area contributed by atoms with E-state index in [0.717, 1.165) is 10.5 Å². The second-order valence-corrected chi connectivity index (χ2v) is 12.8. The molecule has 2 aromatic carbocycles. The molecule has 2 heterocycles. The number of amides is 4. The number of methoxy groups -OCH3 is 2. The summed E-state index contributed by atoms with van der Waals surface area (Å²) >= 11 is 17.8. The van der Waals surface area contributed by atoms with Crippen LogP contribution < -0.4 is 14.4 Å². The van der Waals surface area contributed by atoms with Crippen LogP contribution in [0.1, 0.15) is 29.9 Å². The molecule has 0 aromatic heterocycles. The molecule has 4 aliphatic rings. The fourth-order valence-corrected chi connectivity index (χ4v) is 8.65. The van der Waals surface area contributed by atoms with E-state index >= 15 is 0 Å². The van der Waals surface area contributed by atoms with E-state index in [0.29, 0.717) is 16.8 Å². The Hall–Kier alpha value is -3.34. The fourth-order valence-electron chi connectivity index (χ4n) is 7.22. The number of hydrogen-bond acceptors (Lipinski definition) is 7. The molecule has 0 spiro atoms. The average molecular weight is 690 g/mol. The molecular weight excluding hydrogens is 663 g/mol. The van der Waals surface area contributed by atoms with Crippen LogP contribution in [0, 0.1) is 17.8 Å². The van der Waals surface area contributed by atoms with Crippen molar-refractivity contribution in [2.45, 2.75) is 28.5 Å². The van der Waals surface area contributed by atoms with Gasteiger partial charge in [0, 0.05) is 5.92 Å². The third-order valence-corrected chi connectivity index (χ3v) is 11.2. The van der Waals surface area contributed by atoms with E-state index in [1.807, 2.05) is 6.08 Å². The zero-order valence-electron chi connectivity index (χ0n) is 23.2. The van der Waals surface area contributed by atoms with Gasteiger partial charge in [-0.25, -0.2) is 0 Å². The van der Waals surface area contributed by atoms with Crippen LogP contribution in [0.15, 0.2) is 54.6 Å². The molecule has 0 bridgehead atoms. The summed E-state index contributed by atoms with van der Waals surface area (Å²) < 4.78 is 10.8. The molecule has 4 amide bonds. The maximum atomic E-state index is 14.1. The largest absolute Gasteiger partial charge is 0.502 e. The fraction of sp³-hybridized carbons (Fsp3) is 0.355. The van der Waals surface area contributed by atoms with Crippen molar-refractivity contribution in [1.29, 1.82) is 0 Å². The molecule has 3 fully saturated rings. The van der Waals surface area contributed by atoms with Crippen molar-refractivity contribution in [2.24, 2.45) is 17.8 Å². The molecule has 224 valence electrons. The molecule has 9 nitrogen and oxygen atoms in total. The molecule has 1 saturated carbocycles. The van der Waals surface area contributed by atoms with E-state index in [1.165, 1.54) is 31.3 Å². The third-order valence-electron chi connectivity index (χ3n) is 9.24. The highest BCUT2D eigenvalue weighted by atomic mass is 79.9. The Kier molecular flexibility index (Phi) is 7.18. The van der Waals surface area contributed by atoms with Gasteiger partial charge < -0.3 is 14.6 Å². The maximum absolute atomic E-state index is 14.1. The van der Waals surface area contributed by atoms with E-state index in [4.69, 9.17) is 32.7 Å². The summed E-state index contributed by atoms with van der Waals surface area (Å²) in [6.07, 6.45) is 3.59. The Labute approximate surface area is 266 Å². The van der Waals surface area contributed by atoms with Gasteiger partial charge in [0.25, 0.3) is 11.8 Å². The van der Waals surface area contributed by atoms with Gasteiger partial charge in [-0.15, -0.1) is 23.2 Å². The minimum Gasteiger partial charge on any atom is -0.502 e. The van der Waals surface area contributed by atoms with E-state index in [2.05, 4.69) is 22.5 Å². The van der Waals surface area contributed by atoms with E-state index < -0.39 is 51.1 Å². The monoisotopic (exact) mass is 688 g/mol. The highest BCUT2D eigenvalue weighted by molar-refractivity contribution is 9.09. The molecular formula is C31H27BrCl2N2O7. The highest BCUT2D eigenvalue weighted by Crippen LogP contribution is 2.66. The minimum absolute atomic E-state index is 0.0570. The number of halogens is 3. The zero-order chi connectivity index (χ0) is 31.0. The number of likely N-dealkylation sites (tertiary alicyclic amines) is 1. The standard InChI is InChI=1S/C31H27BrCl2N2O7/c1-4-15-5-7-17(8-6-15)36-26(38)19-10-9-18-20(23(19)27(36)39)13-30(33)28(40)35(14-32)29(41)31(30,34)24(18)16-11-21(42-2)25(37)22(12-16)43-3/h4-9,11-12,19-20,23-24,37H,1,10,13-14H2,2-3H3. The molecule has 2 aliphatic carbocycles. The first-order valence-corrected chi connectivity index (χ1v) is 15.4. The van der Waals surface area contributed by atoms with Crippen LogP contribution in [0.4, 0.5) is 5.69 Å². The first kappa shape index (κ1) is 29.7. The highest BCUT2D eigenvalue weighted by Gasteiger charge is 2.76. The predicted molar refractivity (Wildman–Crippen MR) is 164 cm³/mol. The van der Waals surface area contributed by atoms with E-state index in [-0.39, 0.29) is 41.5 Å². The number of carbonyl (C=O) groups is 4. The minimum atomic E-state index is -1.99. The number of aromatic hydroxyl groups is 1. The normalized spacial score (nSPS) is 31.4. The number of ether oxygens (including phenoxy) is 2. The van der Waals surface area contributed by atoms with Crippen LogP contribution in [0.2, 0.25) is 0 Å². The van der Waals surface area contributed by atoms with Crippen molar-refractivity contribution in [3.8, 4) is 17.2 Å². The summed E-state index contributed by atoms with van der Waals surface area (Å²) in [6, 6.07) is 9.95. The number of hydrogen-bond donors (Lipinski definition) is 1. The van der Waals surface area contributed by atoms with Gasteiger partial charge in [0.1, 0.15) is 0 Å². The SMILES string of the molecule is C=Cc1ccc(N2C(=O)C3CC=C4C(CC5(Cl)C(=O)N(CBr)C(=O)C5(Cl)C4c4cc(OC)c(O)c(OC)c4)C3C2=O)cc1. The van der Waals surface area contributed by atoms with Gasteiger partial charge in [-0.05, 0) is 54.2 Å². The quantitative estimate of drug-likeness (QED) is 0.197. The lowest BCUT2D eigenvalue weighted by atomic mass is 9.56. The summed E-state index contributed by atoms with van der Waals surface area (Å²) in [5.41, 5.74) is 2.14. The molecule has 6 atom stereocenters. The molecule has 2 saturated heterocycles. The predicted octanol–water partition coefficient (Wildman–Crippen LogP) is 4.97. The van der Waals surface area contributed by atoms with Crippen LogP contribution in [0.5, 0.6) is 17.2 Å². The number of allylic oxidation sites excluding steroid dienone is 2. The summed E-state index contributed by atoms with van der Waals surface area (Å²) in [4.78, 5) is 53.8. The summed E-state index contributed by atoms with van der Waals surface area (Å²) in [5.74, 6) is -5.53. The Morgan fingerprint density at radius 3 is 2.21 bits per heavy atom. The lowest BCUT2D eigenvalue weighted by molar-refractivity contribution is -0.138. The van der Waals surface area contributed by atoms with Crippen molar-refractivity contribution >= 4 is 74.5 Å². The second kappa shape index (κ2) is 10.4. The van der Waals surface area contributed by atoms with Crippen molar-refractivity contribution < 1.29 is 33.8 Å². The first-order valence-electron chi connectivity index (χ1n) is 13.5. The topological polar surface area (TPSA) is 113 Å². The number of phenols is 1. The molecule has 6 unspecified atom stereocenters. The number of nitrogens with zero attached hydrogens (tertiary/aromatic N) is 2. The Bertz CT molecular complexity index is 1600. The molecule has 6 rings (SSSR count). The third kappa shape index (κ3) is 3.88. The van der Waals surface area contributed by atoms with Crippen LogP contribution >= 0.6 is 39.1 Å². The van der Waals surface area contributed by atoms with Crippen LogP contribution in [-0.4, -0.2) is 63.1 Å². The lowest BCUT2D eigenvalue weighted by Gasteiger charge is -2.50. The Balaban J connectivity index is 1.53. The zero-order valence-corrected chi connectivity index (χ0v) is 26.3. The second-order valence-electron chi connectivity index (χ2n) is 11.1. The number of phenolic OH excluding ortho intramolecular Hbond substituents is 1. The van der Waals surface area contributed by atoms with Gasteiger partial charge in [-0.1, -0.05) is 52.4 Å². The summed E-state index contributed by atoms with van der Waals surface area (Å²) in [7, 11) is 2.73. The van der Waals surface area contributed by atoms with Crippen molar-refractivity contribution in [2.75, 3.05) is 24.6 Å². The van der Waals surface area contributed by atoms with Gasteiger partial charge >= 0.3 is 0 Å². The van der Waals surface area contributed by atoms with Gasteiger partial charge in [-0.2, -0.15) is 0 Å². The Morgan fingerprint density at radius 2 is 1.65 bits per heavy atom. The summed E-state index contributed by atoms with van der Waals surface area (Å²) in [6.45, 7) is 3.75. The molecule has 1 N–H and O–H groups in total. The number of imide groups is 2. The number of carbonyl (C=O) groups excluding carboxylic acids is 4. The number of anilines is 1. The van der Waals surface area contributed by atoms with E-state index in [9.17, 15) is 24.3 Å². The van der Waals surface area contributed by atoms with Gasteiger partial charge in [0.2, 0.25) is 17.6 Å². The number of fused-ring (bicyclic) bond motifs is 4. The van der Waals surface area contributed by atoms with E-state index in [1.54, 1.807) is 30.3 Å². The van der Waals surface area contributed by atoms with Crippen molar-refractivity contribution in [3.63, 3.8) is 0 Å². The van der Waals surface area contributed by atoms with Crippen LogP contribution in [0.3, 0.4) is 0 Å². The summed E-state index contributed by atoms with van der Waals surface area (Å²) in [5, 5.41) is 10.6. The average Bonchev–Trinajstić information content (AvgIpc) is 3.35. The van der Waals surface area contributed by atoms with Gasteiger partial charge in [-0.3, -0.25) is 29.0 Å². The molecule has 43 heavy (non-hydrogen) atoms. The lowest BCUT2D eigenvalue weighted by Crippen LogP contribution is -2.60. The van der Waals surface area contributed by atoms with Crippen LogP contribution in [-0.2, 0) is 19.2 Å². The van der Waals surface area contributed by atoms with Crippen LogP contribution in [0.25, 0.3) is 6.08 Å². The van der Waals surface area contributed by atoms with Gasteiger partial charge in [0.05, 0.1) is 37.2 Å². The van der Waals surface area contributed by atoms with Crippen molar-refractivity contribution in [1.82, 2.24) is 4.90 Å². The van der Waals surface area contributed by atoms with Gasteiger partial charge in [0.15, 0.2) is 21.2 Å². The molecule has 0 radical (unpaired) electrons. The smallest absolute Gasteiger partial charge is 0.254 e. The molecule has 12 heteroatoms. The number of benzene rings is 2. The maximum Gasteiger partial charge on any atom is 0.254 e. The number of alkyl halides is 3. The molecule has 2 aliphatic heterocycles. The van der Waals surface area contributed by atoms with Crippen molar-refractivity contribution in [3.05, 3.63) is 65.8 Å².